The minimum absolute atomic E-state index is 0.169. The minimum atomic E-state index is 0.169. The van der Waals surface area contributed by atoms with Crippen LogP contribution in [0.25, 0.3) is 0 Å². The van der Waals surface area contributed by atoms with Gasteiger partial charge in [0.25, 0.3) is 0 Å². The first kappa shape index (κ1) is 14.9. The van der Waals surface area contributed by atoms with Gasteiger partial charge < -0.3 is 9.64 Å². The molecule has 110 valence electrons. The molecule has 0 aliphatic carbocycles. The van der Waals surface area contributed by atoms with E-state index >= 15 is 0 Å². The topological polar surface area (TPSA) is 29.5 Å². The van der Waals surface area contributed by atoms with Crippen LogP contribution in [0.4, 0.5) is 0 Å². The molecular formula is C17H25NO2. The lowest BCUT2D eigenvalue weighted by Crippen LogP contribution is -2.42. The molecule has 0 radical (unpaired) electrons. The largest absolute Gasteiger partial charge is 0.494 e. The molecule has 1 saturated heterocycles. The maximum atomic E-state index is 11.7. The van der Waals surface area contributed by atoms with Crippen molar-refractivity contribution in [3.63, 3.8) is 0 Å². The average Bonchev–Trinajstić information content (AvgIpc) is 2.32. The third-order valence-corrected chi connectivity index (χ3v) is 3.73. The standard InChI is InChI=1S/C17H25NO2/c1-17(2,3)14-7-9-15(10-8-14)20-13-4-6-16(19)18-11-5-12-18/h7-10H,4-6,11-13H2,1-3H3. The molecule has 1 aromatic rings. The number of hydrogen-bond donors (Lipinski definition) is 0. The van der Waals surface area contributed by atoms with Crippen LogP contribution in [0, 0.1) is 0 Å². The zero-order chi connectivity index (χ0) is 14.6. The van der Waals surface area contributed by atoms with Gasteiger partial charge >= 0.3 is 0 Å². The maximum Gasteiger partial charge on any atom is 0.222 e. The molecule has 1 heterocycles. The van der Waals surface area contributed by atoms with Gasteiger partial charge in [-0.05, 0) is 36.0 Å². The van der Waals surface area contributed by atoms with E-state index in [9.17, 15) is 4.79 Å². The van der Waals surface area contributed by atoms with Gasteiger partial charge in [0.1, 0.15) is 5.75 Å². The first-order valence-electron chi connectivity index (χ1n) is 7.48. The van der Waals surface area contributed by atoms with Crippen molar-refractivity contribution in [1.82, 2.24) is 4.90 Å². The number of ether oxygens (including phenoxy) is 1. The van der Waals surface area contributed by atoms with Crippen LogP contribution in [-0.4, -0.2) is 30.5 Å². The number of likely N-dealkylation sites (tertiary alicyclic amines) is 1. The smallest absolute Gasteiger partial charge is 0.222 e. The Morgan fingerprint density at radius 3 is 2.35 bits per heavy atom. The highest BCUT2D eigenvalue weighted by Gasteiger charge is 2.19. The number of carbonyl (C=O) groups excluding carboxylic acids is 1. The number of rotatable bonds is 5. The van der Waals surface area contributed by atoms with Crippen molar-refractivity contribution < 1.29 is 9.53 Å². The molecule has 1 amide bonds. The summed E-state index contributed by atoms with van der Waals surface area (Å²) in [7, 11) is 0. The van der Waals surface area contributed by atoms with Crippen LogP contribution < -0.4 is 4.74 Å². The average molecular weight is 275 g/mol. The normalized spacial score (nSPS) is 14.8. The molecule has 1 aliphatic heterocycles. The molecule has 0 unspecified atom stereocenters. The van der Waals surface area contributed by atoms with Crippen molar-refractivity contribution in [1.29, 1.82) is 0 Å². The van der Waals surface area contributed by atoms with Crippen molar-refractivity contribution in [3.05, 3.63) is 29.8 Å². The predicted molar refractivity (Wildman–Crippen MR) is 81.1 cm³/mol. The maximum absolute atomic E-state index is 11.7. The number of amides is 1. The van der Waals surface area contributed by atoms with E-state index in [1.54, 1.807) is 0 Å². The Balaban J connectivity index is 1.70. The van der Waals surface area contributed by atoms with Gasteiger partial charge in [-0.15, -0.1) is 0 Å². The Bertz CT molecular complexity index is 441. The fraction of sp³-hybridized carbons (Fsp3) is 0.588. The Kier molecular flexibility index (Phi) is 4.69. The molecule has 0 bridgehead atoms. The number of carbonyl (C=O) groups is 1. The Hall–Kier alpha value is -1.51. The Labute approximate surface area is 121 Å². The molecule has 0 saturated carbocycles. The van der Waals surface area contributed by atoms with E-state index in [4.69, 9.17) is 4.74 Å². The van der Waals surface area contributed by atoms with Crippen LogP contribution in [0.15, 0.2) is 24.3 Å². The lowest BCUT2D eigenvalue weighted by Gasteiger charge is -2.30. The molecule has 3 nitrogen and oxygen atoms in total. The van der Waals surface area contributed by atoms with Crippen LogP contribution in [-0.2, 0) is 10.2 Å². The minimum Gasteiger partial charge on any atom is -0.494 e. The quantitative estimate of drug-likeness (QED) is 0.771. The Morgan fingerprint density at radius 1 is 1.20 bits per heavy atom. The van der Waals surface area contributed by atoms with E-state index in [1.165, 1.54) is 5.56 Å². The molecule has 1 aromatic carbocycles. The van der Waals surface area contributed by atoms with Gasteiger partial charge in [-0.2, -0.15) is 0 Å². The van der Waals surface area contributed by atoms with Crippen molar-refractivity contribution in [3.8, 4) is 5.75 Å². The van der Waals surface area contributed by atoms with Gasteiger partial charge in [-0.25, -0.2) is 0 Å². The zero-order valence-corrected chi connectivity index (χ0v) is 12.8. The highest BCUT2D eigenvalue weighted by Crippen LogP contribution is 2.24. The van der Waals surface area contributed by atoms with Crippen LogP contribution in [0.5, 0.6) is 5.75 Å². The molecule has 0 aromatic heterocycles. The third kappa shape index (κ3) is 3.99. The van der Waals surface area contributed by atoms with Gasteiger partial charge in [0, 0.05) is 19.5 Å². The molecule has 1 fully saturated rings. The number of hydrogen-bond acceptors (Lipinski definition) is 2. The summed E-state index contributed by atoms with van der Waals surface area (Å²) in [6, 6.07) is 8.25. The lowest BCUT2D eigenvalue weighted by atomic mass is 9.87. The third-order valence-electron chi connectivity index (χ3n) is 3.73. The SMILES string of the molecule is CC(C)(C)c1ccc(OCCCC(=O)N2CCC2)cc1. The first-order chi connectivity index (χ1) is 9.47. The fourth-order valence-corrected chi connectivity index (χ4v) is 2.19. The van der Waals surface area contributed by atoms with Gasteiger partial charge in [0.15, 0.2) is 0 Å². The Morgan fingerprint density at radius 2 is 1.85 bits per heavy atom. The molecule has 20 heavy (non-hydrogen) atoms. The van der Waals surface area contributed by atoms with E-state index in [1.807, 2.05) is 17.0 Å². The summed E-state index contributed by atoms with van der Waals surface area (Å²) < 4.78 is 5.68. The van der Waals surface area contributed by atoms with E-state index < -0.39 is 0 Å². The number of benzene rings is 1. The fourth-order valence-electron chi connectivity index (χ4n) is 2.19. The lowest BCUT2D eigenvalue weighted by molar-refractivity contribution is -0.134. The second-order valence-corrected chi connectivity index (χ2v) is 6.46. The zero-order valence-electron chi connectivity index (χ0n) is 12.8. The van der Waals surface area contributed by atoms with E-state index in [0.29, 0.717) is 13.0 Å². The van der Waals surface area contributed by atoms with Gasteiger partial charge in [0.05, 0.1) is 6.61 Å². The van der Waals surface area contributed by atoms with Crippen LogP contribution in [0.1, 0.15) is 45.6 Å². The van der Waals surface area contributed by atoms with E-state index in [0.717, 1.165) is 31.7 Å². The predicted octanol–water partition coefficient (Wildman–Crippen LogP) is 3.38. The van der Waals surface area contributed by atoms with Crippen molar-refractivity contribution >= 4 is 5.91 Å². The van der Waals surface area contributed by atoms with Crippen LogP contribution >= 0.6 is 0 Å². The summed E-state index contributed by atoms with van der Waals surface area (Å²) in [6.07, 6.45) is 2.54. The second kappa shape index (κ2) is 6.29. The van der Waals surface area contributed by atoms with Crippen molar-refractivity contribution in [2.45, 2.75) is 45.4 Å². The van der Waals surface area contributed by atoms with Gasteiger partial charge in [0.2, 0.25) is 5.91 Å². The highest BCUT2D eigenvalue weighted by molar-refractivity contribution is 5.76. The summed E-state index contributed by atoms with van der Waals surface area (Å²) in [5.74, 6) is 1.15. The summed E-state index contributed by atoms with van der Waals surface area (Å²) in [4.78, 5) is 13.6. The van der Waals surface area contributed by atoms with Gasteiger partial charge in [-0.1, -0.05) is 32.9 Å². The second-order valence-electron chi connectivity index (χ2n) is 6.46. The van der Waals surface area contributed by atoms with E-state index in [-0.39, 0.29) is 11.3 Å². The molecular weight excluding hydrogens is 250 g/mol. The summed E-state index contributed by atoms with van der Waals surface area (Å²) in [6.45, 7) is 9.08. The van der Waals surface area contributed by atoms with Crippen LogP contribution in [0.2, 0.25) is 0 Å². The van der Waals surface area contributed by atoms with Crippen molar-refractivity contribution in [2.75, 3.05) is 19.7 Å². The summed E-state index contributed by atoms with van der Waals surface area (Å²) in [5, 5.41) is 0. The number of nitrogens with zero attached hydrogens (tertiary/aromatic N) is 1. The molecule has 1 aliphatic rings. The monoisotopic (exact) mass is 275 g/mol. The molecule has 3 heteroatoms. The highest BCUT2D eigenvalue weighted by atomic mass is 16.5. The van der Waals surface area contributed by atoms with Crippen LogP contribution in [0.3, 0.4) is 0 Å². The first-order valence-corrected chi connectivity index (χ1v) is 7.48. The summed E-state index contributed by atoms with van der Waals surface area (Å²) >= 11 is 0. The molecule has 0 N–H and O–H groups in total. The summed E-state index contributed by atoms with van der Waals surface area (Å²) in [5.41, 5.74) is 1.47. The molecule has 0 atom stereocenters. The van der Waals surface area contributed by atoms with Gasteiger partial charge in [-0.3, -0.25) is 4.79 Å². The molecule has 2 rings (SSSR count). The van der Waals surface area contributed by atoms with Crippen molar-refractivity contribution in [2.24, 2.45) is 0 Å². The van der Waals surface area contributed by atoms with E-state index in [2.05, 4.69) is 32.9 Å². The molecule has 0 spiro atoms.